The normalized spacial score (nSPS) is 19.5. The molecule has 0 fully saturated rings. The molecule has 2 aliphatic heterocycles. The van der Waals surface area contributed by atoms with Crippen molar-refractivity contribution in [3.8, 4) is 11.5 Å². The van der Waals surface area contributed by atoms with Gasteiger partial charge in [-0.15, -0.1) is 0 Å². The largest absolute Gasteiger partial charge is 0.490 e. The van der Waals surface area contributed by atoms with Gasteiger partial charge in [0.1, 0.15) is 0 Å². The van der Waals surface area contributed by atoms with Crippen LogP contribution in [0.2, 0.25) is 0 Å². The minimum atomic E-state index is -3.65. The van der Waals surface area contributed by atoms with Crippen LogP contribution in [-0.4, -0.2) is 34.3 Å². The molecule has 1 unspecified atom stereocenters. The van der Waals surface area contributed by atoms with E-state index in [0.717, 1.165) is 12.0 Å². The third-order valence-corrected chi connectivity index (χ3v) is 5.99. The second-order valence-electron chi connectivity index (χ2n) is 6.42. The van der Waals surface area contributed by atoms with Gasteiger partial charge in [0.15, 0.2) is 11.5 Å². The average molecular weight is 375 g/mol. The Kier molecular flexibility index (Phi) is 4.84. The third kappa shape index (κ3) is 3.70. The van der Waals surface area contributed by atoms with Crippen molar-refractivity contribution in [2.45, 2.75) is 30.4 Å². The van der Waals surface area contributed by atoms with Crippen LogP contribution in [-0.2, 0) is 27.8 Å². The molecule has 1 N–H and O–H groups in total. The molecule has 0 aliphatic carbocycles. The molecule has 0 bridgehead atoms. The molecule has 0 radical (unpaired) electrons. The summed E-state index contributed by atoms with van der Waals surface area (Å²) in [6, 6.07) is 12.8. The van der Waals surface area contributed by atoms with Crippen LogP contribution in [0.3, 0.4) is 0 Å². The SMILES string of the molecule is O=S(=O)(NCC1Cc2ccccc2CO1)c1ccc2c(c1)OCCCO2. The molecule has 0 aromatic heterocycles. The Morgan fingerprint density at radius 1 is 1.00 bits per heavy atom. The monoisotopic (exact) mass is 375 g/mol. The first-order valence-electron chi connectivity index (χ1n) is 8.69. The maximum atomic E-state index is 12.6. The van der Waals surface area contributed by atoms with Crippen LogP contribution >= 0.6 is 0 Å². The summed E-state index contributed by atoms with van der Waals surface area (Å²) in [7, 11) is -3.65. The molecule has 138 valence electrons. The zero-order valence-corrected chi connectivity index (χ0v) is 15.1. The van der Waals surface area contributed by atoms with Gasteiger partial charge in [0.05, 0.1) is 30.8 Å². The summed E-state index contributed by atoms with van der Waals surface area (Å²) in [6.45, 7) is 1.81. The van der Waals surface area contributed by atoms with Crippen LogP contribution in [0, 0.1) is 0 Å². The second-order valence-corrected chi connectivity index (χ2v) is 8.18. The molecule has 6 nitrogen and oxygen atoms in total. The van der Waals surface area contributed by atoms with Crippen molar-refractivity contribution in [3.05, 3.63) is 53.6 Å². The fourth-order valence-corrected chi connectivity index (χ4v) is 4.22. The molecule has 2 aromatic rings. The topological polar surface area (TPSA) is 73.9 Å². The van der Waals surface area contributed by atoms with Crippen LogP contribution < -0.4 is 14.2 Å². The Morgan fingerprint density at radius 2 is 1.77 bits per heavy atom. The predicted molar refractivity (Wildman–Crippen MR) is 96.0 cm³/mol. The summed E-state index contributed by atoms with van der Waals surface area (Å²) >= 11 is 0. The first kappa shape index (κ1) is 17.3. The Morgan fingerprint density at radius 3 is 2.62 bits per heavy atom. The zero-order chi connectivity index (χ0) is 18.0. The predicted octanol–water partition coefficient (Wildman–Crippen LogP) is 2.27. The molecule has 2 heterocycles. The summed E-state index contributed by atoms with van der Waals surface area (Å²) in [5.41, 5.74) is 2.37. The summed E-state index contributed by atoms with van der Waals surface area (Å²) in [5.74, 6) is 1.04. The Labute approximate surface area is 153 Å². The highest BCUT2D eigenvalue weighted by molar-refractivity contribution is 7.89. The molecule has 0 saturated carbocycles. The summed E-state index contributed by atoms with van der Waals surface area (Å²) in [6.07, 6.45) is 1.29. The van der Waals surface area contributed by atoms with Gasteiger partial charge >= 0.3 is 0 Å². The van der Waals surface area contributed by atoms with Crippen molar-refractivity contribution >= 4 is 10.0 Å². The molecule has 2 aromatic carbocycles. The highest BCUT2D eigenvalue weighted by Crippen LogP contribution is 2.32. The van der Waals surface area contributed by atoms with Gasteiger partial charge in [0, 0.05) is 25.5 Å². The van der Waals surface area contributed by atoms with Crippen LogP contribution in [0.5, 0.6) is 11.5 Å². The van der Waals surface area contributed by atoms with E-state index in [1.807, 2.05) is 18.2 Å². The van der Waals surface area contributed by atoms with Gasteiger partial charge < -0.3 is 14.2 Å². The molecule has 7 heteroatoms. The van der Waals surface area contributed by atoms with Crippen LogP contribution in [0.1, 0.15) is 17.5 Å². The third-order valence-electron chi connectivity index (χ3n) is 4.57. The Balaban J connectivity index is 1.44. The number of nitrogens with one attached hydrogen (secondary N) is 1. The van der Waals surface area contributed by atoms with E-state index < -0.39 is 10.0 Å². The summed E-state index contributed by atoms with van der Waals surface area (Å²) in [4.78, 5) is 0.165. The Bertz CT molecular complexity index is 897. The van der Waals surface area contributed by atoms with Crippen LogP contribution in [0.15, 0.2) is 47.4 Å². The number of rotatable bonds is 4. The van der Waals surface area contributed by atoms with Crippen LogP contribution in [0.4, 0.5) is 0 Å². The zero-order valence-electron chi connectivity index (χ0n) is 14.3. The van der Waals surface area contributed by atoms with Crippen molar-refractivity contribution in [1.82, 2.24) is 4.72 Å². The van der Waals surface area contributed by atoms with E-state index in [1.54, 1.807) is 6.07 Å². The van der Waals surface area contributed by atoms with Gasteiger partial charge in [-0.3, -0.25) is 0 Å². The first-order valence-corrected chi connectivity index (χ1v) is 10.2. The van der Waals surface area contributed by atoms with E-state index in [1.165, 1.54) is 17.7 Å². The minimum Gasteiger partial charge on any atom is -0.490 e. The van der Waals surface area contributed by atoms with Crippen molar-refractivity contribution in [3.63, 3.8) is 0 Å². The van der Waals surface area contributed by atoms with Gasteiger partial charge in [0.25, 0.3) is 0 Å². The molecular formula is C19H21NO5S. The van der Waals surface area contributed by atoms with Gasteiger partial charge in [-0.1, -0.05) is 24.3 Å². The first-order chi connectivity index (χ1) is 12.6. The minimum absolute atomic E-state index is 0.165. The van der Waals surface area contributed by atoms with E-state index in [9.17, 15) is 8.42 Å². The molecular weight excluding hydrogens is 354 g/mol. The van der Waals surface area contributed by atoms with Gasteiger partial charge in [-0.25, -0.2) is 13.1 Å². The van der Waals surface area contributed by atoms with E-state index in [2.05, 4.69) is 10.8 Å². The summed E-state index contributed by atoms with van der Waals surface area (Å²) < 4.78 is 44.8. The Hall–Kier alpha value is -2.09. The molecule has 0 amide bonds. The number of sulfonamides is 1. The second kappa shape index (κ2) is 7.26. The lowest BCUT2D eigenvalue weighted by atomic mass is 9.99. The van der Waals surface area contributed by atoms with Gasteiger partial charge in [-0.2, -0.15) is 0 Å². The van der Waals surface area contributed by atoms with Crippen molar-refractivity contribution in [2.24, 2.45) is 0 Å². The van der Waals surface area contributed by atoms with Crippen molar-refractivity contribution in [1.29, 1.82) is 0 Å². The lowest BCUT2D eigenvalue weighted by Crippen LogP contribution is -2.36. The number of ether oxygens (including phenoxy) is 3. The van der Waals surface area contributed by atoms with Gasteiger partial charge in [-0.05, 0) is 23.3 Å². The summed E-state index contributed by atoms with van der Waals surface area (Å²) in [5, 5.41) is 0. The number of benzene rings is 2. The molecule has 26 heavy (non-hydrogen) atoms. The lowest BCUT2D eigenvalue weighted by Gasteiger charge is -2.25. The fraction of sp³-hybridized carbons (Fsp3) is 0.368. The van der Waals surface area contributed by atoms with Crippen molar-refractivity contribution in [2.75, 3.05) is 19.8 Å². The van der Waals surface area contributed by atoms with Crippen molar-refractivity contribution < 1.29 is 22.6 Å². The number of fused-ring (bicyclic) bond motifs is 2. The van der Waals surface area contributed by atoms with E-state index in [0.29, 0.717) is 37.7 Å². The standard InChI is InChI=1S/C19H21NO5S/c21-26(22,17-6-7-18-19(11-17)24-9-3-8-23-18)20-12-16-10-14-4-1-2-5-15(14)13-25-16/h1-2,4-7,11,16,20H,3,8-10,12-13H2. The fourth-order valence-electron chi connectivity index (χ4n) is 3.14. The maximum absolute atomic E-state index is 12.6. The van der Waals surface area contributed by atoms with E-state index >= 15 is 0 Å². The molecule has 2 aliphatic rings. The van der Waals surface area contributed by atoms with Gasteiger partial charge in [0.2, 0.25) is 10.0 Å². The molecule has 1 atom stereocenters. The van der Waals surface area contributed by atoms with Crippen LogP contribution in [0.25, 0.3) is 0 Å². The number of hydrogen-bond acceptors (Lipinski definition) is 5. The lowest BCUT2D eigenvalue weighted by molar-refractivity contribution is 0.0322. The molecule has 4 rings (SSSR count). The molecule has 0 saturated heterocycles. The average Bonchev–Trinajstić information content (AvgIpc) is 2.91. The maximum Gasteiger partial charge on any atom is 0.240 e. The molecule has 0 spiro atoms. The highest BCUT2D eigenvalue weighted by atomic mass is 32.2. The quantitative estimate of drug-likeness (QED) is 0.887. The highest BCUT2D eigenvalue weighted by Gasteiger charge is 2.23. The number of hydrogen-bond donors (Lipinski definition) is 1. The smallest absolute Gasteiger partial charge is 0.240 e. The van der Waals surface area contributed by atoms with E-state index in [-0.39, 0.29) is 17.5 Å². The van der Waals surface area contributed by atoms with E-state index in [4.69, 9.17) is 14.2 Å².